The van der Waals surface area contributed by atoms with E-state index in [0.717, 1.165) is 16.5 Å². The van der Waals surface area contributed by atoms with Crippen LogP contribution in [0.1, 0.15) is 5.56 Å². The van der Waals surface area contributed by atoms with Crippen molar-refractivity contribution < 1.29 is 9.59 Å². The quantitative estimate of drug-likeness (QED) is 0.673. The fraction of sp³-hybridized carbons (Fsp3) is 0.200. The van der Waals surface area contributed by atoms with Gasteiger partial charge >= 0.3 is 6.03 Å². The molecule has 108 valence electrons. The van der Waals surface area contributed by atoms with E-state index in [0.29, 0.717) is 11.4 Å². The number of carbonyl (C=O) groups is 2. The van der Waals surface area contributed by atoms with Crippen molar-refractivity contribution in [3.8, 4) is 0 Å². The molecule has 1 aliphatic heterocycles. The minimum absolute atomic E-state index is 0.223. The predicted molar refractivity (Wildman–Crippen MR) is 81.2 cm³/mol. The number of H-pyrrole nitrogens is 1. The van der Waals surface area contributed by atoms with Crippen LogP contribution >= 0.6 is 11.6 Å². The van der Waals surface area contributed by atoms with Gasteiger partial charge in [-0.1, -0.05) is 29.8 Å². The lowest BCUT2D eigenvalue weighted by molar-refractivity contribution is -0.127. The van der Waals surface area contributed by atoms with E-state index in [1.165, 1.54) is 11.0 Å². The van der Waals surface area contributed by atoms with Crippen molar-refractivity contribution in [2.24, 2.45) is 0 Å². The third-order valence-electron chi connectivity index (χ3n) is 3.59. The first kappa shape index (κ1) is 13.7. The van der Waals surface area contributed by atoms with Crippen LogP contribution in [0.3, 0.4) is 0 Å². The lowest BCUT2D eigenvalue weighted by atomic mass is 10.1. The molecule has 6 heteroatoms. The maximum Gasteiger partial charge on any atom is 0.325 e. The van der Waals surface area contributed by atoms with Gasteiger partial charge in [-0.15, -0.1) is 6.58 Å². The Morgan fingerprint density at radius 2 is 2.19 bits per heavy atom. The number of amides is 3. The molecular formula is C15H14ClN3O2. The first-order chi connectivity index (χ1) is 10.1. The maximum atomic E-state index is 12.2. The van der Waals surface area contributed by atoms with E-state index in [1.54, 1.807) is 6.07 Å². The second-order valence-corrected chi connectivity index (χ2v) is 5.33. The van der Waals surface area contributed by atoms with Gasteiger partial charge in [-0.2, -0.15) is 0 Å². The molecule has 0 spiro atoms. The summed E-state index contributed by atoms with van der Waals surface area (Å²) in [5.41, 5.74) is 1.79. The summed E-state index contributed by atoms with van der Waals surface area (Å²) in [4.78, 5) is 28.2. The average molecular weight is 304 g/mol. The van der Waals surface area contributed by atoms with Crippen molar-refractivity contribution in [3.05, 3.63) is 47.6 Å². The van der Waals surface area contributed by atoms with E-state index in [9.17, 15) is 9.59 Å². The Kier molecular flexibility index (Phi) is 3.43. The summed E-state index contributed by atoms with van der Waals surface area (Å²) in [5, 5.41) is 4.30. The zero-order valence-corrected chi connectivity index (χ0v) is 12.0. The lowest BCUT2D eigenvalue weighted by Crippen LogP contribution is -2.32. The summed E-state index contributed by atoms with van der Waals surface area (Å²) in [5.74, 6) is -0.226. The molecule has 3 rings (SSSR count). The standard InChI is InChI=1S/C15H14ClN3O2/c1-2-6-19-14(20)12(18-15(19)21)7-9-8-17-13-10(9)4-3-5-11(13)16/h2-5,8,12,17H,1,6-7H2,(H,18,21)/t12-/m1/s1. The molecule has 0 unspecified atom stereocenters. The highest BCUT2D eigenvalue weighted by Crippen LogP contribution is 2.26. The second-order valence-electron chi connectivity index (χ2n) is 4.92. The van der Waals surface area contributed by atoms with Crippen LogP contribution in [0.25, 0.3) is 10.9 Å². The maximum absolute atomic E-state index is 12.2. The number of benzene rings is 1. The Bertz CT molecular complexity index is 738. The second kappa shape index (κ2) is 5.26. The van der Waals surface area contributed by atoms with Crippen LogP contribution in [-0.4, -0.2) is 34.4 Å². The predicted octanol–water partition coefficient (Wildman–Crippen LogP) is 2.47. The van der Waals surface area contributed by atoms with E-state index < -0.39 is 6.04 Å². The van der Waals surface area contributed by atoms with Gasteiger partial charge in [0.2, 0.25) is 0 Å². The van der Waals surface area contributed by atoms with Gasteiger partial charge < -0.3 is 10.3 Å². The van der Waals surface area contributed by atoms with Crippen molar-refractivity contribution in [1.29, 1.82) is 0 Å². The monoisotopic (exact) mass is 303 g/mol. The van der Waals surface area contributed by atoms with Crippen molar-refractivity contribution in [1.82, 2.24) is 15.2 Å². The van der Waals surface area contributed by atoms with Gasteiger partial charge in [0.25, 0.3) is 5.91 Å². The van der Waals surface area contributed by atoms with Gasteiger partial charge in [-0.05, 0) is 11.6 Å². The molecule has 1 saturated heterocycles. The summed E-state index contributed by atoms with van der Waals surface area (Å²) in [6.45, 7) is 3.77. The molecule has 21 heavy (non-hydrogen) atoms. The number of rotatable bonds is 4. The molecule has 0 radical (unpaired) electrons. The summed E-state index contributed by atoms with van der Waals surface area (Å²) in [7, 11) is 0. The highest BCUT2D eigenvalue weighted by molar-refractivity contribution is 6.35. The molecule has 5 nitrogen and oxygen atoms in total. The molecule has 3 amide bonds. The van der Waals surface area contributed by atoms with Gasteiger partial charge in [0.05, 0.1) is 10.5 Å². The zero-order valence-electron chi connectivity index (χ0n) is 11.2. The molecule has 2 heterocycles. The van der Waals surface area contributed by atoms with Crippen molar-refractivity contribution >= 4 is 34.4 Å². The van der Waals surface area contributed by atoms with Crippen molar-refractivity contribution in [2.75, 3.05) is 6.54 Å². The number of hydrogen-bond donors (Lipinski definition) is 2. The summed E-state index contributed by atoms with van der Waals surface area (Å²) in [6.07, 6.45) is 3.79. The smallest absolute Gasteiger partial charge is 0.325 e. The van der Waals surface area contributed by atoms with E-state index in [1.807, 2.05) is 18.3 Å². The van der Waals surface area contributed by atoms with Crippen molar-refractivity contribution in [2.45, 2.75) is 12.5 Å². The van der Waals surface area contributed by atoms with Gasteiger partial charge in [-0.3, -0.25) is 9.69 Å². The molecule has 0 bridgehead atoms. The number of fused-ring (bicyclic) bond motifs is 1. The Labute approximate surface area is 126 Å². The van der Waals surface area contributed by atoms with Gasteiger partial charge in [-0.25, -0.2) is 4.79 Å². The zero-order chi connectivity index (χ0) is 15.0. The number of aromatic amines is 1. The van der Waals surface area contributed by atoms with E-state index in [-0.39, 0.29) is 18.5 Å². The van der Waals surface area contributed by atoms with Crippen LogP contribution < -0.4 is 5.32 Å². The molecule has 0 saturated carbocycles. The van der Waals surface area contributed by atoms with Crippen molar-refractivity contribution in [3.63, 3.8) is 0 Å². The van der Waals surface area contributed by atoms with E-state index in [4.69, 9.17) is 11.6 Å². The summed E-state index contributed by atoms with van der Waals surface area (Å²) >= 11 is 6.12. The highest BCUT2D eigenvalue weighted by atomic mass is 35.5. The number of para-hydroxylation sites is 1. The van der Waals surface area contributed by atoms with Crippen LogP contribution in [0.4, 0.5) is 4.79 Å². The SMILES string of the molecule is C=CCN1C(=O)N[C@H](Cc2c[nH]c3c(Cl)cccc23)C1=O. The first-order valence-electron chi connectivity index (χ1n) is 6.59. The summed E-state index contributed by atoms with van der Waals surface area (Å²) < 4.78 is 0. The molecule has 1 fully saturated rings. The van der Waals surface area contributed by atoms with Gasteiger partial charge in [0.15, 0.2) is 0 Å². The molecule has 1 atom stereocenters. The Morgan fingerprint density at radius 1 is 1.38 bits per heavy atom. The topological polar surface area (TPSA) is 65.2 Å². The molecule has 2 N–H and O–H groups in total. The van der Waals surface area contributed by atoms with Gasteiger partial charge in [0, 0.05) is 24.5 Å². The number of imide groups is 1. The molecule has 1 aliphatic rings. The largest absolute Gasteiger partial charge is 0.360 e. The molecular weight excluding hydrogens is 290 g/mol. The minimum Gasteiger partial charge on any atom is -0.360 e. The Balaban J connectivity index is 1.86. The molecule has 2 aromatic rings. The van der Waals surface area contributed by atoms with Crippen LogP contribution in [0.2, 0.25) is 5.02 Å². The number of carbonyl (C=O) groups excluding carboxylic acids is 2. The molecule has 1 aromatic carbocycles. The van der Waals surface area contributed by atoms with Crippen LogP contribution in [-0.2, 0) is 11.2 Å². The third kappa shape index (κ3) is 2.29. The number of urea groups is 1. The average Bonchev–Trinajstić information content (AvgIpc) is 2.98. The lowest BCUT2D eigenvalue weighted by Gasteiger charge is -2.09. The fourth-order valence-electron chi connectivity index (χ4n) is 2.58. The number of nitrogens with zero attached hydrogens (tertiary/aromatic N) is 1. The first-order valence-corrected chi connectivity index (χ1v) is 6.97. The van der Waals surface area contributed by atoms with E-state index in [2.05, 4.69) is 16.9 Å². The Morgan fingerprint density at radius 3 is 2.95 bits per heavy atom. The molecule has 0 aliphatic carbocycles. The number of aromatic nitrogens is 1. The third-order valence-corrected chi connectivity index (χ3v) is 3.91. The van der Waals surface area contributed by atoms with Crippen LogP contribution in [0.15, 0.2) is 37.1 Å². The van der Waals surface area contributed by atoms with Crippen LogP contribution in [0.5, 0.6) is 0 Å². The number of hydrogen-bond acceptors (Lipinski definition) is 2. The number of halogens is 1. The highest BCUT2D eigenvalue weighted by Gasteiger charge is 2.37. The fourth-order valence-corrected chi connectivity index (χ4v) is 2.81. The van der Waals surface area contributed by atoms with Gasteiger partial charge in [0.1, 0.15) is 6.04 Å². The number of nitrogens with one attached hydrogen (secondary N) is 2. The normalized spacial score (nSPS) is 18.3. The minimum atomic E-state index is -0.546. The summed E-state index contributed by atoms with van der Waals surface area (Å²) in [6, 6.07) is 4.69. The van der Waals surface area contributed by atoms with E-state index >= 15 is 0 Å². The van der Waals surface area contributed by atoms with Crippen LogP contribution in [0, 0.1) is 0 Å². The Hall–Kier alpha value is -2.27. The molecule has 1 aromatic heterocycles.